The lowest BCUT2D eigenvalue weighted by molar-refractivity contribution is -0.138. The van der Waals surface area contributed by atoms with E-state index in [1.807, 2.05) is 0 Å². The van der Waals surface area contributed by atoms with Crippen molar-refractivity contribution < 1.29 is 27.2 Å². The third-order valence-electron chi connectivity index (χ3n) is 5.93. The summed E-state index contributed by atoms with van der Waals surface area (Å²) in [5, 5.41) is 7.17. The average Bonchev–Trinajstić information content (AvgIpc) is 3.46. The van der Waals surface area contributed by atoms with Gasteiger partial charge in [-0.15, -0.1) is 0 Å². The van der Waals surface area contributed by atoms with Crippen molar-refractivity contribution in [3.8, 4) is 0 Å². The molecule has 1 N–H and O–H groups in total. The van der Waals surface area contributed by atoms with E-state index in [1.165, 1.54) is 29.1 Å². The van der Waals surface area contributed by atoms with Gasteiger partial charge in [-0.1, -0.05) is 23.7 Å². The quantitative estimate of drug-likeness (QED) is 0.380. The standard InChI is InChI=1S/C23H17ClF4N4O2S/c24-15-3-2-13(16(7-15)23(26,27)28)11-31-18-4-1-12(5-14(18)8-30-31)6-20-21(33)32(22(34)35-20)19-10-29-9-17(19)25/h1-8,17,19,29H,9-11H2/b20-6-/t17-,19+/m1/s1. The molecule has 0 bridgehead atoms. The minimum atomic E-state index is -4.56. The summed E-state index contributed by atoms with van der Waals surface area (Å²) in [5.74, 6) is -0.547. The van der Waals surface area contributed by atoms with Crippen LogP contribution in [0.1, 0.15) is 16.7 Å². The Kier molecular flexibility index (Phi) is 6.10. The van der Waals surface area contributed by atoms with Gasteiger partial charge < -0.3 is 5.32 Å². The summed E-state index contributed by atoms with van der Waals surface area (Å²) < 4.78 is 55.9. The highest BCUT2D eigenvalue weighted by Gasteiger charge is 2.44. The molecule has 0 spiro atoms. The fourth-order valence-corrected chi connectivity index (χ4v) is 5.29. The summed E-state index contributed by atoms with van der Waals surface area (Å²) in [7, 11) is 0. The molecule has 6 nitrogen and oxygen atoms in total. The Labute approximate surface area is 205 Å². The lowest BCUT2D eigenvalue weighted by Crippen LogP contribution is -2.44. The first-order chi connectivity index (χ1) is 16.6. The van der Waals surface area contributed by atoms with Gasteiger partial charge in [0, 0.05) is 23.5 Å². The van der Waals surface area contributed by atoms with Crippen LogP contribution >= 0.6 is 23.4 Å². The van der Waals surface area contributed by atoms with Crippen LogP contribution in [0, 0.1) is 0 Å². The van der Waals surface area contributed by atoms with Crippen LogP contribution in [0.5, 0.6) is 0 Å². The van der Waals surface area contributed by atoms with Crippen molar-refractivity contribution in [3.05, 3.63) is 69.2 Å². The van der Waals surface area contributed by atoms with Gasteiger partial charge in [0.05, 0.1) is 34.8 Å². The second-order valence-corrected chi connectivity index (χ2v) is 9.64. The number of rotatable bonds is 4. The zero-order valence-electron chi connectivity index (χ0n) is 17.9. The Bertz CT molecular complexity index is 1370. The van der Waals surface area contributed by atoms with Crippen LogP contribution in [0.25, 0.3) is 17.0 Å². The zero-order valence-corrected chi connectivity index (χ0v) is 19.4. The Morgan fingerprint density at radius 1 is 1.17 bits per heavy atom. The van der Waals surface area contributed by atoms with Crippen LogP contribution in [0.2, 0.25) is 5.02 Å². The lowest BCUT2D eigenvalue weighted by atomic mass is 10.1. The van der Waals surface area contributed by atoms with Crippen LogP contribution in [0.15, 0.2) is 47.5 Å². The molecule has 3 heterocycles. The van der Waals surface area contributed by atoms with Crippen molar-refractivity contribution in [2.45, 2.75) is 24.9 Å². The summed E-state index contributed by atoms with van der Waals surface area (Å²) in [4.78, 5) is 26.3. The van der Waals surface area contributed by atoms with E-state index in [2.05, 4.69) is 10.4 Å². The van der Waals surface area contributed by atoms with Crippen molar-refractivity contribution in [2.75, 3.05) is 13.1 Å². The van der Waals surface area contributed by atoms with Gasteiger partial charge in [-0.05, 0) is 53.2 Å². The number of alkyl halides is 4. The lowest BCUT2D eigenvalue weighted by Gasteiger charge is -2.21. The van der Waals surface area contributed by atoms with Gasteiger partial charge >= 0.3 is 6.18 Å². The van der Waals surface area contributed by atoms with E-state index in [0.29, 0.717) is 16.5 Å². The Morgan fingerprint density at radius 2 is 1.97 bits per heavy atom. The molecule has 0 radical (unpaired) electrons. The first kappa shape index (κ1) is 23.8. The highest BCUT2D eigenvalue weighted by atomic mass is 35.5. The molecule has 0 unspecified atom stereocenters. The number of nitrogens with one attached hydrogen (secondary N) is 1. The Morgan fingerprint density at radius 3 is 2.69 bits per heavy atom. The molecule has 2 amide bonds. The van der Waals surface area contributed by atoms with E-state index in [-0.39, 0.29) is 35.1 Å². The molecule has 35 heavy (non-hydrogen) atoms. The molecular formula is C23H17ClF4N4O2S. The second-order valence-electron chi connectivity index (χ2n) is 8.21. The fraction of sp³-hybridized carbons (Fsp3) is 0.261. The number of amides is 2. The molecular weight excluding hydrogens is 508 g/mol. The number of aromatic nitrogens is 2. The number of hydrogen-bond donors (Lipinski definition) is 1. The number of nitrogens with zero attached hydrogens (tertiary/aromatic N) is 3. The van der Waals surface area contributed by atoms with E-state index in [1.54, 1.807) is 18.2 Å². The molecule has 2 aliphatic rings. The number of halogens is 5. The van der Waals surface area contributed by atoms with Crippen molar-refractivity contribution in [1.29, 1.82) is 0 Å². The summed E-state index contributed by atoms with van der Waals surface area (Å²) >= 11 is 6.51. The van der Waals surface area contributed by atoms with Crippen LogP contribution in [0.3, 0.4) is 0 Å². The summed E-state index contributed by atoms with van der Waals surface area (Å²) in [6, 6.07) is 7.86. The predicted molar refractivity (Wildman–Crippen MR) is 125 cm³/mol. The number of carbonyl (C=O) groups is 2. The molecule has 12 heteroatoms. The fourth-order valence-electron chi connectivity index (χ4n) is 4.24. The van der Waals surface area contributed by atoms with Crippen LogP contribution < -0.4 is 5.32 Å². The maximum atomic E-state index is 14.1. The number of carbonyl (C=O) groups excluding carboxylic acids is 2. The molecule has 1 aromatic heterocycles. The summed E-state index contributed by atoms with van der Waals surface area (Å²) in [6.45, 7) is 0.182. The van der Waals surface area contributed by atoms with Gasteiger partial charge in [0.2, 0.25) is 0 Å². The first-order valence-corrected chi connectivity index (χ1v) is 11.7. The van der Waals surface area contributed by atoms with Gasteiger partial charge in [-0.3, -0.25) is 19.2 Å². The highest BCUT2D eigenvalue weighted by Crippen LogP contribution is 2.36. The number of benzene rings is 2. The molecule has 3 aromatic rings. The molecule has 2 aliphatic heterocycles. The van der Waals surface area contributed by atoms with Crippen molar-refractivity contribution in [2.24, 2.45) is 0 Å². The average molecular weight is 525 g/mol. The minimum absolute atomic E-state index is 0.00770. The number of thioether (sulfide) groups is 1. The third kappa shape index (κ3) is 4.55. The van der Waals surface area contributed by atoms with E-state index in [0.717, 1.165) is 22.7 Å². The first-order valence-electron chi connectivity index (χ1n) is 10.5. The van der Waals surface area contributed by atoms with Crippen LogP contribution in [-0.2, 0) is 17.5 Å². The second kappa shape index (κ2) is 8.96. The Hall–Kier alpha value is -2.89. The van der Waals surface area contributed by atoms with Crippen LogP contribution in [0.4, 0.5) is 22.4 Å². The zero-order chi connectivity index (χ0) is 24.9. The maximum Gasteiger partial charge on any atom is 0.416 e. The highest BCUT2D eigenvalue weighted by molar-refractivity contribution is 8.18. The van der Waals surface area contributed by atoms with Crippen molar-refractivity contribution >= 4 is 51.5 Å². The van der Waals surface area contributed by atoms with Gasteiger partial charge in [-0.2, -0.15) is 18.3 Å². The number of imide groups is 1. The molecule has 0 aliphatic carbocycles. The largest absolute Gasteiger partial charge is 0.416 e. The molecule has 2 saturated heterocycles. The smallest absolute Gasteiger partial charge is 0.312 e. The van der Waals surface area contributed by atoms with E-state index < -0.39 is 35.1 Å². The third-order valence-corrected chi connectivity index (χ3v) is 7.05. The molecule has 2 fully saturated rings. The summed E-state index contributed by atoms with van der Waals surface area (Å²) in [5.41, 5.74) is 0.396. The van der Waals surface area contributed by atoms with E-state index >= 15 is 0 Å². The monoisotopic (exact) mass is 524 g/mol. The topological polar surface area (TPSA) is 67.2 Å². The van der Waals surface area contributed by atoms with Crippen molar-refractivity contribution in [1.82, 2.24) is 20.0 Å². The summed E-state index contributed by atoms with van der Waals surface area (Å²) in [6.07, 6.45) is -2.82. The number of hydrogen-bond acceptors (Lipinski definition) is 5. The van der Waals surface area contributed by atoms with Crippen LogP contribution in [-0.4, -0.2) is 51.1 Å². The molecule has 0 saturated carbocycles. The molecule has 5 rings (SSSR count). The predicted octanol–water partition coefficient (Wildman–Crippen LogP) is 5.10. The van der Waals surface area contributed by atoms with E-state index in [4.69, 9.17) is 11.6 Å². The van der Waals surface area contributed by atoms with Gasteiger partial charge in [0.25, 0.3) is 11.1 Å². The Balaban J connectivity index is 1.41. The minimum Gasteiger partial charge on any atom is -0.312 e. The van der Waals surface area contributed by atoms with Gasteiger partial charge in [0.1, 0.15) is 6.17 Å². The van der Waals surface area contributed by atoms with E-state index in [9.17, 15) is 27.2 Å². The SMILES string of the molecule is O=C1S/C(=C\c2ccc3c(cnn3Cc3ccc(Cl)cc3C(F)(F)F)c2)C(=O)N1[C@H]1CNC[C@H]1F. The van der Waals surface area contributed by atoms with Gasteiger partial charge in [0.15, 0.2) is 0 Å². The maximum absolute atomic E-state index is 14.1. The van der Waals surface area contributed by atoms with Gasteiger partial charge in [-0.25, -0.2) is 4.39 Å². The molecule has 182 valence electrons. The number of fused-ring (bicyclic) bond motifs is 1. The molecule has 2 atom stereocenters. The normalized spacial score (nSPS) is 22.2. The van der Waals surface area contributed by atoms with Crippen molar-refractivity contribution in [3.63, 3.8) is 0 Å². The molecule has 2 aromatic carbocycles.